The Morgan fingerprint density at radius 1 is 0.824 bits per heavy atom. The van der Waals surface area contributed by atoms with Crippen molar-refractivity contribution in [2.75, 3.05) is 0 Å². The number of allylic oxidation sites excluding steroid dienone is 1. The number of alkyl halides is 7. The molecule has 11 heteroatoms. The highest BCUT2D eigenvalue weighted by Crippen LogP contribution is 2.51. The lowest BCUT2D eigenvalue weighted by Crippen LogP contribution is -2.54. The topological polar surface area (TPSA) is 43.1 Å². The Morgan fingerprint density at radius 3 is 1.29 bits per heavy atom. The number of primary amides is 1. The molecule has 0 atom stereocenters. The van der Waals surface area contributed by atoms with Crippen LogP contribution >= 0.6 is 0 Å². The molecule has 17 heavy (non-hydrogen) atoms. The molecule has 2 nitrogen and oxygen atoms in total. The molecule has 0 rings (SSSR count). The summed E-state index contributed by atoms with van der Waals surface area (Å²) in [5.74, 6) is -9.87. The van der Waals surface area contributed by atoms with Gasteiger partial charge in [0.25, 0.3) is 5.91 Å². The minimum absolute atomic E-state index is 2.60. The van der Waals surface area contributed by atoms with E-state index in [0.717, 1.165) is 0 Å². The predicted octanol–water partition coefficient (Wildman–Crippen LogP) is 2.46. The van der Waals surface area contributed by atoms with E-state index in [1.165, 1.54) is 0 Å². The van der Waals surface area contributed by atoms with Crippen LogP contribution in [0, 0.1) is 0 Å². The molecule has 2 N–H and O–H groups in total. The van der Waals surface area contributed by atoms with Crippen LogP contribution < -0.4 is 5.73 Å². The molecule has 0 spiro atoms. The van der Waals surface area contributed by atoms with E-state index in [4.69, 9.17) is 0 Å². The molecular formula is C6H2F9NO. The van der Waals surface area contributed by atoms with Crippen LogP contribution in [0.1, 0.15) is 0 Å². The molecule has 0 unspecified atom stereocenters. The van der Waals surface area contributed by atoms with Crippen LogP contribution in [0.3, 0.4) is 0 Å². The molecule has 0 aliphatic heterocycles. The summed E-state index contributed by atoms with van der Waals surface area (Å²) in [6.45, 7) is 0. The van der Waals surface area contributed by atoms with Gasteiger partial charge in [-0.2, -0.15) is 30.7 Å². The lowest BCUT2D eigenvalue weighted by Gasteiger charge is -2.28. The van der Waals surface area contributed by atoms with Gasteiger partial charge in [-0.1, -0.05) is 0 Å². The zero-order chi connectivity index (χ0) is 14.2. The van der Waals surface area contributed by atoms with Crippen molar-refractivity contribution < 1.29 is 44.3 Å². The quantitative estimate of drug-likeness (QED) is 0.610. The van der Waals surface area contributed by atoms with Gasteiger partial charge in [0.15, 0.2) is 5.83 Å². The summed E-state index contributed by atoms with van der Waals surface area (Å²) in [4.78, 5) is 9.89. The Bertz CT molecular complexity index is 337. The Labute approximate surface area is 86.9 Å². The first-order valence-corrected chi connectivity index (χ1v) is 3.44. The zero-order valence-corrected chi connectivity index (χ0v) is 7.39. The van der Waals surface area contributed by atoms with E-state index in [1.807, 2.05) is 0 Å². The third kappa shape index (κ3) is 2.47. The standard InChI is InChI=1S/C6H2F9NO/c7-1(3(16)17)2(8)4(9,5(10,11)12)6(13,14)15/h(H2,16,17)/b2-1+. The maximum absolute atomic E-state index is 12.7. The molecule has 0 bridgehead atoms. The molecule has 0 saturated carbocycles. The van der Waals surface area contributed by atoms with Crippen molar-refractivity contribution in [2.24, 2.45) is 5.73 Å². The lowest BCUT2D eigenvalue weighted by molar-refractivity contribution is -0.331. The van der Waals surface area contributed by atoms with Crippen molar-refractivity contribution in [1.29, 1.82) is 0 Å². The molecule has 1 amide bonds. The monoisotopic (exact) mass is 275 g/mol. The maximum Gasteiger partial charge on any atom is 0.438 e. The van der Waals surface area contributed by atoms with E-state index in [0.29, 0.717) is 0 Å². The van der Waals surface area contributed by atoms with Gasteiger partial charge in [0.1, 0.15) is 0 Å². The highest BCUT2D eigenvalue weighted by Gasteiger charge is 2.76. The highest BCUT2D eigenvalue weighted by molar-refractivity contribution is 5.90. The van der Waals surface area contributed by atoms with Crippen molar-refractivity contribution in [1.82, 2.24) is 0 Å². The van der Waals surface area contributed by atoms with Crippen LogP contribution in [-0.2, 0) is 4.79 Å². The van der Waals surface area contributed by atoms with Crippen LogP contribution in [0.2, 0.25) is 0 Å². The van der Waals surface area contributed by atoms with E-state index < -0.39 is 35.6 Å². The Hall–Kier alpha value is -1.42. The third-order valence-corrected chi connectivity index (χ3v) is 1.49. The molecule has 0 fully saturated rings. The molecule has 0 aromatic heterocycles. The van der Waals surface area contributed by atoms with E-state index in [2.05, 4.69) is 5.73 Å². The minimum atomic E-state index is -6.85. The average molecular weight is 275 g/mol. The van der Waals surface area contributed by atoms with Crippen LogP contribution in [0.15, 0.2) is 11.7 Å². The lowest BCUT2D eigenvalue weighted by atomic mass is 10.0. The van der Waals surface area contributed by atoms with Gasteiger partial charge in [-0.15, -0.1) is 0 Å². The number of rotatable bonds is 2. The van der Waals surface area contributed by atoms with Gasteiger partial charge in [-0.3, -0.25) is 4.79 Å². The van der Waals surface area contributed by atoms with Crippen LogP contribution in [0.4, 0.5) is 39.5 Å². The fraction of sp³-hybridized carbons (Fsp3) is 0.500. The highest BCUT2D eigenvalue weighted by atomic mass is 19.4. The second kappa shape index (κ2) is 4.11. The fourth-order valence-electron chi connectivity index (χ4n) is 0.669. The van der Waals surface area contributed by atoms with Gasteiger partial charge in [0, 0.05) is 0 Å². The summed E-state index contributed by atoms with van der Waals surface area (Å²) in [6, 6.07) is 0. The first-order chi connectivity index (χ1) is 7.26. The Morgan fingerprint density at radius 2 is 1.12 bits per heavy atom. The molecule has 0 radical (unpaired) electrons. The summed E-state index contributed by atoms with van der Waals surface area (Å²) in [7, 11) is 0. The Balaban J connectivity index is 6.04. The molecule has 100 valence electrons. The molecule has 0 aliphatic rings. The van der Waals surface area contributed by atoms with E-state index in [9.17, 15) is 44.3 Å². The SMILES string of the molecule is NC(=O)/C(F)=C(\F)C(F)(C(F)(F)F)C(F)(F)F. The molecule has 0 aromatic carbocycles. The first kappa shape index (κ1) is 15.6. The van der Waals surface area contributed by atoms with Gasteiger partial charge in [0.2, 0.25) is 5.83 Å². The maximum atomic E-state index is 12.7. The number of hydrogen-bond donors (Lipinski definition) is 1. The van der Waals surface area contributed by atoms with Gasteiger partial charge in [-0.25, -0.2) is 8.78 Å². The smallest absolute Gasteiger partial charge is 0.364 e. The third-order valence-electron chi connectivity index (χ3n) is 1.49. The predicted molar refractivity (Wildman–Crippen MR) is 34.4 cm³/mol. The van der Waals surface area contributed by atoms with E-state index in [-0.39, 0.29) is 0 Å². The number of carbonyl (C=O) groups is 1. The van der Waals surface area contributed by atoms with Crippen LogP contribution in [-0.4, -0.2) is 23.9 Å². The summed E-state index contributed by atoms with van der Waals surface area (Å²) in [5, 5.41) is 0. The zero-order valence-electron chi connectivity index (χ0n) is 7.39. The van der Waals surface area contributed by atoms with Crippen molar-refractivity contribution in [3.05, 3.63) is 11.7 Å². The van der Waals surface area contributed by atoms with Crippen LogP contribution in [0.25, 0.3) is 0 Å². The van der Waals surface area contributed by atoms with E-state index in [1.54, 1.807) is 0 Å². The molecule has 0 heterocycles. The fourth-order valence-corrected chi connectivity index (χ4v) is 0.669. The summed E-state index contributed by atoms with van der Waals surface area (Å²) < 4.78 is 108. The number of nitrogens with two attached hydrogens (primary N) is 1. The number of halogens is 9. The summed E-state index contributed by atoms with van der Waals surface area (Å²) >= 11 is 0. The first-order valence-electron chi connectivity index (χ1n) is 3.44. The van der Waals surface area contributed by atoms with Crippen molar-refractivity contribution >= 4 is 5.91 Å². The number of hydrogen-bond acceptors (Lipinski definition) is 1. The molecular weight excluding hydrogens is 273 g/mol. The second-order valence-electron chi connectivity index (χ2n) is 2.65. The summed E-state index contributed by atoms with van der Waals surface area (Å²) in [6.07, 6.45) is -13.7. The second-order valence-corrected chi connectivity index (χ2v) is 2.65. The van der Waals surface area contributed by atoms with Crippen molar-refractivity contribution in [2.45, 2.75) is 18.0 Å². The van der Waals surface area contributed by atoms with Crippen molar-refractivity contribution in [3.8, 4) is 0 Å². The normalized spacial score (nSPS) is 15.6. The van der Waals surface area contributed by atoms with Gasteiger partial charge in [0.05, 0.1) is 0 Å². The molecule has 0 saturated heterocycles. The largest absolute Gasteiger partial charge is 0.438 e. The number of amides is 1. The van der Waals surface area contributed by atoms with Gasteiger partial charge >= 0.3 is 18.0 Å². The Kier molecular flexibility index (Phi) is 3.77. The summed E-state index contributed by atoms with van der Waals surface area (Å²) in [5.41, 5.74) is -2.72. The minimum Gasteiger partial charge on any atom is -0.364 e. The molecule has 0 aromatic rings. The van der Waals surface area contributed by atoms with Crippen LogP contribution in [0.5, 0.6) is 0 Å². The average Bonchev–Trinajstić information content (AvgIpc) is 2.10. The molecule has 0 aliphatic carbocycles. The van der Waals surface area contributed by atoms with Crippen molar-refractivity contribution in [3.63, 3.8) is 0 Å². The number of carbonyl (C=O) groups excluding carboxylic acids is 1. The van der Waals surface area contributed by atoms with Gasteiger partial charge < -0.3 is 5.73 Å². The van der Waals surface area contributed by atoms with Gasteiger partial charge in [-0.05, 0) is 0 Å². The van der Waals surface area contributed by atoms with E-state index >= 15 is 0 Å².